The minimum absolute atomic E-state index is 0.0164. The number of sulfonamides is 1. The highest BCUT2D eigenvalue weighted by Crippen LogP contribution is 2.34. The number of aryl methyl sites for hydroxylation is 1. The van der Waals surface area contributed by atoms with E-state index in [-0.39, 0.29) is 29.8 Å². The van der Waals surface area contributed by atoms with Crippen LogP contribution >= 0.6 is 0 Å². The van der Waals surface area contributed by atoms with Crippen molar-refractivity contribution in [1.29, 1.82) is 0 Å². The summed E-state index contributed by atoms with van der Waals surface area (Å²) in [7, 11) is -2.40. The van der Waals surface area contributed by atoms with Crippen molar-refractivity contribution in [3.63, 3.8) is 0 Å². The first-order valence-corrected chi connectivity index (χ1v) is 11.6. The maximum Gasteiger partial charge on any atom is 0.422 e. The first-order valence-electron chi connectivity index (χ1n) is 10.2. The summed E-state index contributed by atoms with van der Waals surface area (Å²) in [5.41, 5.74) is 1.16. The number of ether oxygens (including phenoxy) is 1. The Morgan fingerprint density at radius 1 is 1.15 bits per heavy atom. The third-order valence-electron chi connectivity index (χ3n) is 5.36. The lowest BCUT2D eigenvalue weighted by molar-refractivity contribution is -0.153. The second-order valence-electron chi connectivity index (χ2n) is 7.89. The summed E-state index contributed by atoms with van der Waals surface area (Å²) in [6.07, 6.45) is -3.18. The Kier molecular flexibility index (Phi) is 6.49. The van der Waals surface area contributed by atoms with Gasteiger partial charge in [-0.25, -0.2) is 12.8 Å². The first-order chi connectivity index (χ1) is 16.0. The Morgan fingerprint density at radius 2 is 1.88 bits per heavy atom. The molecular weight excluding hydrogens is 478 g/mol. The smallest absolute Gasteiger partial charge is 0.422 e. The third kappa shape index (κ3) is 5.47. The van der Waals surface area contributed by atoms with Crippen LogP contribution in [0, 0.1) is 5.82 Å². The van der Waals surface area contributed by atoms with Crippen LogP contribution in [0.5, 0.6) is 5.75 Å². The van der Waals surface area contributed by atoms with Crippen molar-refractivity contribution >= 4 is 15.7 Å². The Labute approximate surface area is 193 Å². The standard InChI is InChI=1S/C21H21F4N5O3S/c1-29-12-20(27-28-29)34(31,32)30-10-18(14-5-7-15(22)8-6-14)19(11-30)26-16-3-2-4-17(9-16)33-13-21(23,24)25/h2-9,12,18-19,26H,10-11,13H2,1H3/t18-,19+/m0/s1. The highest BCUT2D eigenvalue weighted by molar-refractivity contribution is 7.89. The molecule has 4 rings (SSSR count). The lowest BCUT2D eigenvalue weighted by Gasteiger charge is -2.22. The van der Waals surface area contributed by atoms with Gasteiger partial charge in [-0.05, 0) is 29.8 Å². The van der Waals surface area contributed by atoms with Crippen LogP contribution in [0.25, 0.3) is 0 Å². The monoisotopic (exact) mass is 499 g/mol. The van der Waals surface area contributed by atoms with Crippen LogP contribution in [0.4, 0.5) is 23.2 Å². The van der Waals surface area contributed by atoms with E-state index in [9.17, 15) is 26.0 Å². The zero-order valence-corrected chi connectivity index (χ0v) is 18.7. The molecule has 8 nitrogen and oxygen atoms in total. The molecule has 0 spiro atoms. The quantitative estimate of drug-likeness (QED) is 0.503. The Morgan fingerprint density at radius 3 is 2.53 bits per heavy atom. The lowest BCUT2D eigenvalue weighted by Crippen LogP contribution is -2.32. The van der Waals surface area contributed by atoms with E-state index in [4.69, 9.17) is 4.74 Å². The number of nitrogens with one attached hydrogen (secondary N) is 1. The highest BCUT2D eigenvalue weighted by atomic mass is 32.2. The fraction of sp³-hybridized carbons (Fsp3) is 0.333. The van der Waals surface area contributed by atoms with Gasteiger partial charge in [-0.3, -0.25) is 4.68 Å². The number of hydrogen-bond donors (Lipinski definition) is 1. The lowest BCUT2D eigenvalue weighted by atomic mass is 9.94. The van der Waals surface area contributed by atoms with Gasteiger partial charge in [-0.15, -0.1) is 5.10 Å². The van der Waals surface area contributed by atoms with Crippen LogP contribution in [0.15, 0.2) is 59.8 Å². The Balaban J connectivity index is 1.59. The van der Waals surface area contributed by atoms with Gasteiger partial charge in [-0.1, -0.05) is 23.4 Å². The van der Waals surface area contributed by atoms with Gasteiger partial charge in [0.05, 0.1) is 6.20 Å². The molecule has 0 amide bonds. The molecule has 2 atom stereocenters. The number of nitrogens with zero attached hydrogens (tertiary/aromatic N) is 4. The predicted octanol–water partition coefficient (Wildman–Crippen LogP) is 3.16. The molecule has 0 radical (unpaired) electrons. The highest BCUT2D eigenvalue weighted by Gasteiger charge is 2.41. The van der Waals surface area contributed by atoms with Crippen LogP contribution in [0.1, 0.15) is 11.5 Å². The Bertz CT molecular complexity index is 1250. The van der Waals surface area contributed by atoms with Gasteiger partial charge in [0.25, 0.3) is 10.0 Å². The van der Waals surface area contributed by atoms with Crippen LogP contribution < -0.4 is 10.1 Å². The fourth-order valence-electron chi connectivity index (χ4n) is 3.79. The first kappa shape index (κ1) is 24.0. The number of aromatic nitrogens is 3. The maximum atomic E-state index is 13.5. The molecule has 1 fully saturated rings. The molecule has 2 heterocycles. The summed E-state index contributed by atoms with van der Waals surface area (Å²) in [5.74, 6) is -0.778. The van der Waals surface area contributed by atoms with Crippen LogP contribution in [-0.4, -0.2) is 59.6 Å². The second-order valence-corrected chi connectivity index (χ2v) is 9.78. The third-order valence-corrected chi connectivity index (χ3v) is 7.05. The van der Waals surface area contributed by atoms with E-state index in [0.29, 0.717) is 11.3 Å². The van der Waals surface area contributed by atoms with Crippen molar-refractivity contribution < 1.29 is 30.7 Å². The molecule has 0 unspecified atom stereocenters. The van der Waals surface area contributed by atoms with Gasteiger partial charge in [0.1, 0.15) is 11.6 Å². The van der Waals surface area contributed by atoms with Gasteiger partial charge >= 0.3 is 6.18 Å². The van der Waals surface area contributed by atoms with Gasteiger partial charge in [0.15, 0.2) is 6.61 Å². The van der Waals surface area contributed by atoms with Gasteiger partial charge in [0.2, 0.25) is 5.03 Å². The summed E-state index contributed by atoms with van der Waals surface area (Å²) in [6, 6.07) is 11.3. The molecule has 13 heteroatoms. The summed E-state index contributed by atoms with van der Waals surface area (Å²) in [5, 5.41) is 10.4. The minimum Gasteiger partial charge on any atom is -0.484 e. The number of rotatable bonds is 7. The Hall–Kier alpha value is -3.19. The van der Waals surface area contributed by atoms with Gasteiger partial charge in [-0.2, -0.15) is 17.5 Å². The average molecular weight is 499 g/mol. The molecular formula is C21H21F4N5O3S. The molecule has 0 saturated carbocycles. The summed E-state index contributed by atoms with van der Waals surface area (Å²) >= 11 is 0. The van der Waals surface area contributed by atoms with Crippen LogP contribution in [0.2, 0.25) is 0 Å². The molecule has 0 aliphatic carbocycles. The molecule has 182 valence electrons. The van der Waals surface area contributed by atoms with E-state index in [0.717, 1.165) is 0 Å². The summed E-state index contributed by atoms with van der Waals surface area (Å²) in [4.78, 5) is 0. The summed E-state index contributed by atoms with van der Waals surface area (Å²) in [6.45, 7) is -1.29. The molecule has 3 aromatic rings. The molecule has 34 heavy (non-hydrogen) atoms. The van der Waals surface area contributed by atoms with E-state index in [1.54, 1.807) is 25.2 Å². The topological polar surface area (TPSA) is 89.4 Å². The molecule has 1 aliphatic rings. The molecule has 2 aromatic carbocycles. The molecule has 1 aromatic heterocycles. The molecule has 1 N–H and O–H groups in total. The van der Waals surface area contributed by atoms with Crippen molar-refractivity contribution in [3.05, 3.63) is 66.1 Å². The molecule has 0 bridgehead atoms. The van der Waals surface area contributed by atoms with Crippen molar-refractivity contribution in [1.82, 2.24) is 19.3 Å². The summed E-state index contributed by atoms with van der Waals surface area (Å²) < 4.78 is 84.5. The van der Waals surface area contributed by atoms with Crippen molar-refractivity contribution in [2.24, 2.45) is 7.05 Å². The van der Waals surface area contributed by atoms with Crippen molar-refractivity contribution in [3.8, 4) is 5.75 Å². The molecule has 1 aliphatic heterocycles. The number of alkyl halides is 3. The van der Waals surface area contributed by atoms with E-state index in [2.05, 4.69) is 15.6 Å². The SMILES string of the molecule is Cn1cc(S(=O)(=O)N2C[C@@H](Nc3cccc(OCC(F)(F)F)c3)[C@H](c3ccc(F)cc3)C2)nn1. The van der Waals surface area contributed by atoms with Crippen molar-refractivity contribution in [2.75, 3.05) is 25.0 Å². The van der Waals surface area contributed by atoms with E-state index in [1.807, 2.05) is 0 Å². The number of benzene rings is 2. The van der Waals surface area contributed by atoms with Gasteiger partial charge in [0, 0.05) is 43.9 Å². The fourth-order valence-corrected chi connectivity index (χ4v) is 5.19. The molecule has 1 saturated heterocycles. The normalized spacial score (nSPS) is 19.3. The average Bonchev–Trinajstić information content (AvgIpc) is 3.40. The van der Waals surface area contributed by atoms with Crippen LogP contribution in [0.3, 0.4) is 0 Å². The van der Waals surface area contributed by atoms with E-state index >= 15 is 0 Å². The van der Waals surface area contributed by atoms with Gasteiger partial charge < -0.3 is 10.1 Å². The number of halogens is 4. The largest absolute Gasteiger partial charge is 0.484 e. The van der Waals surface area contributed by atoms with E-state index in [1.165, 1.54) is 45.5 Å². The minimum atomic E-state index is -4.47. The number of hydrogen-bond acceptors (Lipinski definition) is 6. The zero-order chi connectivity index (χ0) is 24.5. The number of anilines is 1. The van der Waals surface area contributed by atoms with E-state index < -0.39 is 34.7 Å². The predicted molar refractivity (Wildman–Crippen MR) is 114 cm³/mol. The second kappa shape index (κ2) is 9.22. The van der Waals surface area contributed by atoms with Crippen LogP contribution in [-0.2, 0) is 17.1 Å². The maximum absolute atomic E-state index is 13.5. The zero-order valence-electron chi connectivity index (χ0n) is 17.9. The van der Waals surface area contributed by atoms with Crippen molar-refractivity contribution in [2.45, 2.75) is 23.2 Å².